The number of benzene rings is 2. The number of rotatable bonds is 3. The molecule has 0 spiro atoms. The van der Waals surface area contributed by atoms with Gasteiger partial charge in [-0.1, -0.05) is 46.3 Å². The monoisotopic (exact) mass is 343 g/mol. The van der Waals surface area contributed by atoms with Gasteiger partial charge < -0.3 is 10.8 Å². The van der Waals surface area contributed by atoms with Gasteiger partial charge in [-0.2, -0.15) is 0 Å². The zero-order valence-corrected chi connectivity index (χ0v) is 12.7. The van der Waals surface area contributed by atoms with Crippen LogP contribution in [0.5, 0.6) is 5.75 Å². The van der Waals surface area contributed by atoms with Crippen molar-refractivity contribution in [2.75, 3.05) is 0 Å². The van der Waals surface area contributed by atoms with Gasteiger partial charge in [-0.3, -0.25) is 5.41 Å². The number of para-hydroxylation sites is 1. The van der Waals surface area contributed by atoms with Gasteiger partial charge in [-0.25, -0.2) is 4.99 Å². The van der Waals surface area contributed by atoms with Crippen molar-refractivity contribution in [1.82, 2.24) is 0 Å². The van der Waals surface area contributed by atoms with Crippen LogP contribution in [-0.4, -0.2) is 16.8 Å². The molecule has 0 saturated carbocycles. The van der Waals surface area contributed by atoms with Gasteiger partial charge >= 0.3 is 0 Å². The lowest BCUT2D eigenvalue weighted by Crippen LogP contribution is -2.15. The molecule has 0 atom stereocenters. The van der Waals surface area contributed by atoms with E-state index in [1.165, 1.54) is 6.07 Å². The third-order valence-electron chi connectivity index (χ3n) is 2.72. The minimum Gasteiger partial charge on any atom is -0.507 e. The van der Waals surface area contributed by atoms with Crippen molar-refractivity contribution in [2.24, 2.45) is 10.7 Å². The summed E-state index contributed by atoms with van der Waals surface area (Å²) in [6.45, 7) is 0. The Morgan fingerprint density at radius 3 is 2.48 bits per heavy atom. The maximum atomic E-state index is 9.67. The number of hydrogen-bond donors (Lipinski definition) is 3. The van der Waals surface area contributed by atoms with Crippen molar-refractivity contribution in [3.8, 4) is 5.75 Å². The largest absolute Gasteiger partial charge is 0.507 e. The van der Waals surface area contributed by atoms with Crippen LogP contribution in [0.2, 0.25) is 0 Å². The third-order valence-corrected chi connectivity index (χ3v) is 3.25. The predicted molar refractivity (Wildman–Crippen MR) is 89.7 cm³/mol. The molecule has 0 aliphatic rings. The number of nitrogens with two attached hydrogens (primary N) is 1. The van der Waals surface area contributed by atoms with Gasteiger partial charge in [0, 0.05) is 4.47 Å². The summed E-state index contributed by atoms with van der Waals surface area (Å²) in [5.74, 6) is 0.167. The van der Waals surface area contributed by atoms with E-state index in [0.29, 0.717) is 5.56 Å². The fourth-order valence-corrected chi connectivity index (χ4v) is 1.93. The number of halogens is 1. The van der Waals surface area contributed by atoms with Crippen molar-refractivity contribution in [2.45, 2.75) is 0 Å². The van der Waals surface area contributed by atoms with E-state index < -0.39 is 0 Å². The molecule has 4 nitrogen and oxygen atoms in total. The zero-order chi connectivity index (χ0) is 15.2. The minimum atomic E-state index is 0.0127. The molecule has 2 aromatic carbocycles. The maximum absolute atomic E-state index is 9.67. The van der Waals surface area contributed by atoms with Gasteiger partial charge in [-0.05, 0) is 35.9 Å². The van der Waals surface area contributed by atoms with Crippen LogP contribution < -0.4 is 5.73 Å². The molecule has 5 heteroatoms. The van der Waals surface area contributed by atoms with Gasteiger partial charge in [0.2, 0.25) is 0 Å². The number of nitrogens with one attached hydrogen (secondary N) is 1. The van der Waals surface area contributed by atoms with Crippen LogP contribution in [0, 0.1) is 5.41 Å². The average molecular weight is 344 g/mol. The summed E-state index contributed by atoms with van der Waals surface area (Å²) >= 11 is 3.36. The summed E-state index contributed by atoms with van der Waals surface area (Å²) in [6.07, 6.45) is 3.33. The van der Waals surface area contributed by atoms with E-state index in [-0.39, 0.29) is 17.4 Å². The Hall–Kier alpha value is -2.40. The predicted octanol–water partition coefficient (Wildman–Crippen LogP) is 3.55. The molecule has 21 heavy (non-hydrogen) atoms. The minimum absolute atomic E-state index is 0.0127. The first-order valence-corrected chi connectivity index (χ1v) is 7.00. The standard InChI is InChI=1S/C16H14BrN3O/c17-12-8-5-11(6-9-12)7-10-15(18)20-16(19)13-3-1-2-4-14(13)21/h1-10,21H,(H3,18,19,20)/b10-7+. The molecule has 0 fully saturated rings. The van der Waals surface area contributed by atoms with E-state index in [4.69, 9.17) is 11.1 Å². The summed E-state index contributed by atoms with van der Waals surface area (Å²) in [5.41, 5.74) is 7.17. The fraction of sp³-hybridized carbons (Fsp3) is 0. The SMILES string of the molecule is N=C(/C=C/c1ccc(Br)cc1)/N=C(\N)c1ccccc1O. The Balaban J connectivity index is 2.12. The molecule has 0 aliphatic carbocycles. The summed E-state index contributed by atoms with van der Waals surface area (Å²) in [5, 5.41) is 17.5. The van der Waals surface area contributed by atoms with Crippen molar-refractivity contribution in [1.29, 1.82) is 5.41 Å². The lowest BCUT2D eigenvalue weighted by Gasteiger charge is -2.02. The molecule has 4 N–H and O–H groups in total. The van der Waals surface area contributed by atoms with Crippen molar-refractivity contribution in [3.05, 3.63) is 70.2 Å². The Labute approximate surface area is 131 Å². The van der Waals surface area contributed by atoms with Crippen LogP contribution in [0.1, 0.15) is 11.1 Å². The van der Waals surface area contributed by atoms with Crippen LogP contribution in [0.25, 0.3) is 6.08 Å². The number of hydrogen-bond acceptors (Lipinski definition) is 2. The molecule has 0 unspecified atom stereocenters. The quantitative estimate of drug-likeness (QED) is 0.588. The fourth-order valence-electron chi connectivity index (χ4n) is 1.67. The number of phenols is 1. The molecule has 2 aromatic rings. The van der Waals surface area contributed by atoms with E-state index in [9.17, 15) is 5.11 Å². The highest BCUT2D eigenvalue weighted by atomic mass is 79.9. The molecule has 2 rings (SSSR count). The molecule has 0 aromatic heterocycles. The number of aromatic hydroxyl groups is 1. The number of phenolic OH excluding ortho intramolecular Hbond substituents is 1. The van der Waals surface area contributed by atoms with Crippen LogP contribution in [0.4, 0.5) is 0 Å². The van der Waals surface area contributed by atoms with E-state index in [2.05, 4.69) is 20.9 Å². The molecule has 0 saturated heterocycles. The highest BCUT2D eigenvalue weighted by Gasteiger charge is 2.04. The Morgan fingerprint density at radius 2 is 1.81 bits per heavy atom. The molecular formula is C16H14BrN3O. The van der Waals surface area contributed by atoms with Crippen LogP contribution in [-0.2, 0) is 0 Å². The highest BCUT2D eigenvalue weighted by molar-refractivity contribution is 9.10. The second-order valence-corrected chi connectivity index (χ2v) is 5.20. The normalized spacial score (nSPS) is 11.8. The van der Waals surface area contributed by atoms with Gasteiger partial charge in [0.05, 0.1) is 5.56 Å². The smallest absolute Gasteiger partial charge is 0.146 e. The number of nitrogens with zero attached hydrogens (tertiary/aromatic N) is 1. The lowest BCUT2D eigenvalue weighted by atomic mass is 10.2. The second kappa shape index (κ2) is 6.85. The van der Waals surface area contributed by atoms with Crippen LogP contribution in [0.3, 0.4) is 0 Å². The summed E-state index contributed by atoms with van der Waals surface area (Å²) in [6, 6.07) is 14.3. The summed E-state index contributed by atoms with van der Waals surface area (Å²) in [4.78, 5) is 3.96. The van der Waals surface area contributed by atoms with Gasteiger partial charge in [0.25, 0.3) is 0 Å². The van der Waals surface area contributed by atoms with Crippen molar-refractivity contribution < 1.29 is 5.11 Å². The van der Waals surface area contributed by atoms with Crippen molar-refractivity contribution >= 4 is 33.7 Å². The Kier molecular flexibility index (Phi) is 4.90. The number of amidine groups is 2. The second-order valence-electron chi connectivity index (χ2n) is 4.28. The molecular weight excluding hydrogens is 330 g/mol. The first-order valence-electron chi connectivity index (χ1n) is 6.21. The van der Waals surface area contributed by atoms with Crippen LogP contribution >= 0.6 is 15.9 Å². The third kappa shape index (κ3) is 4.29. The Bertz CT molecular complexity index is 706. The van der Waals surface area contributed by atoms with E-state index in [1.807, 2.05) is 24.3 Å². The van der Waals surface area contributed by atoms with Gasteiger partial charge in [0.15, 0.2) is 0 Å². The first-order chi connectivity index (χ1) is 10.1. The van der Waals surface area contributed by atoms with Crippen molar-refractivity contribution in [3.63, 3.8) is 0 Å². The molecule has 0 amide bonds. The summed E-state index contributed by atoms with van der Waals surface area (Å²) in [7, 11) is 0. The van der Waals surface area contributed by atoms with E-state index in [0.717, 1.165) is 10.0 Å². The molecule has 0 bridgehead atoms. The summed E-state index contributed by atoms with van der Waals surface area (Å²) < 4.78 is 0.997. The molecule has 0 heterocycles. The van der Waals surface area contributed by atoms with E-state index in [1.54, 1.807) is 30.4 Å². The lowest BCUT2D eigenvalue weighted by molar-refractivity contribution is 0.474. The average Bonchev–Trinajstić information content (AvgIpc) is 2.47. The van der Waals surface area contributed by atoms with Gasteiger partial charge in [-0.15, -0.1) is 0 Å². The highest BCUT2D eigenvalue weighted by Crippen LogP contribution is 2.15. The van der Waals surface area contributed by atoms with Gasteiger partial charge in [0.1, 0.15) is 17.4 Å². The maximum Gasteiger partial charge on any atom is 0.146 e. The molecule has 0 aliphatic heterocycles. The topological polar surface area (TPSA) is 82.5 Å². The molecule has 0 radical (unpaired) electrons. The molecule has 106 valence electrons. The van der Waals surface area contributed by atoms with E-state index >= 15 is 0 Å². The first kappa shape index (κ1) is 15.0. The Morgan fingerprint density at radius 1 is 1.14 bits per heavy atom. The zero-order valence-electron chi connectivity index (χ0n) is 11.1. The number of aliphatic imine (C=N–C) groups is 1. The van der Waals surface area contributed by atoms with Crippen LogP contribution in [0.15, 0.2) is 64.1 Å².